The highest BCUT2D eigenvalue weighted by molar-refractivity contribution is 7.15. The van der Waals surface area contributed by atoms with Crippen molar-refractivity contribution in [2.75, 3.05) is 6.54 Å². The third kappa shape index (κ3) is 3.16. The molecule has 7 heteroatoms. The summed E-state index contributed by atoms with van der Waals surface area (Å²) in [5.74, 6) is -1.12. The van der Waals surface area contributed by atoms with Crippen LogP contribution < -0.4 is 10.9 Å². The summed E-state index contributed by atoms with van der Waals surface area (Å²) in [4.78, 5) is 29.0. The van der Waals surface area contributed by atoms with Crippen LogP contribution in [0.3, 0.4) is 0 Å². The molecule has 0 bridgehead atoms. The predicted octanol–water partition coefficient (Wildman–Crippen LogP) is 2.13. The van der Waals surface area contributed by atoms with Crippen molar-refractivity contribution in [3.05, 3.63) is 62.9 Å². The molecule has 2 aromatic heterocycles. The SMILES string of the molecule is Cc1csc2nc(O)c(C(=O)NCCCc3ccccc3)c(=O)n12. The first kappa shape index (κ1) is 16.2. The number of nitrogens with zero attached hydrogens (tertiary/aromatic N) is 2. The number of hydrogen-bond donors (Lipinski definition) is 2. The summed E-state index contributed by atoms with van der Waals surface area (Å²) in [5.41, 5.74) is 1.02. The number of amides is 1. The fourth-order valence-corrected chi connectivity index (χ4v) is 3.35. The van der Waals surface area contributed by atoms with Crippen LogP contribution in [0.1, 0.15) is 28.0 Å². The molecule has 0 aliphatic heterocycles. The van der Waals surface area contributed by atoms with Crippen LogP contribution in [0.2, 0.25) is 0 Å². The number of thiazole rings is 1. The molecule has 0 aliphatic carbocycles. The molecular formula is C17H17N3O3S. The van der Waals surface area contributed by atoms with E-state index in [1.54, 1.807) is 12.3 Å². The molecule has 0 atom stereocenters. The first-order valence-electron chi connectivity index (χ1n) is 7.60. The van der Waals surface area contributed by atoms with Crippen LogP contribution >= 0.6 is 11.3 Å². The quantitative estimate of drug-likeness (QED) is 0.695. The number of nitrogens with one attached hydrogen (secondary N) is 1. The molecule has 3 rings (SSSR count). The number of aromatic nitrogens is 2. The van der Waals surface area contributed by atoms with E-state index in [0.717, 1.165) is 12.8 Å². The minimum absolute atomic E-state index is 0.311. The van der Waals surface area contributed by atoms with Crippen molar-refractivity contribution < 1.29 is 9.90 Å². The minimum atomic E-state index is -0.599. The Morgan fingerprint density at radius 2 is 2.08 bits per heavy atom. The molecule has 0 spiro atoms. The Morgan fingerprint density at radius 1 is 1.33 bits per heavy atom. The number of carbonyl (C=O) groups excluding carboxylic acids is 1. The summed E-state index contributed by atoms with van der Waals surface area (Å²) < 4.78 is 1.34. The highest BCUT2D eigenvalue weighted by Crippen LogP contribution is 2.17. The van der Waals surface area contributed by atoms with E-state index >= 15 is 0 Å². The zero-order valence-electron chi connectivity index (χ0n) is 13.2. The summed E-state index contributed by atoms with van der Waals surface area (Å²) in [6, 6.07) is 9.94. The highest BCUT2D eigenvalue weighted by atomic mass is 32.1. The van der Waals surface area contributed by atoms with Crippen molar-refractivity contribution in [1.82, 2.24) is 14.7 Å². The van der Waals surface area contributed by atoms with Gasteiger partial charge < -0.3 is 10.4 Å². The van der Waals surface area contributed by atoms with Gasteiger partial charge in [0, 0.05) is 17.6 Å². The summed E-state index contributed by atoms with van der Waals surface area (Å²) in [5, 5.41) is 14.4. The van der Waals surface area contributed by atoms with Crippen molar-refractivity contribution in [2.45, 2.75) is 19.8 Å². The van der Waals surface area contributed by atoms with E-state index in [2.05, 4.69) is 10.3 Å². The Balaban J connectivity index is 1.70. The smallest absolute Gasteiger partial charge is 0.275 e. The van der Waals surface area contributed by atoms with Crippen LogP contribution in [-0.2, 0) is 6.42 Å². The topological polar surface area (TPSA) is 83.7 Å². The van der Waals surface area contributed by atoms with Crippen molar-refractivity contribution in [2.24, 2.45) is 0 Å². The molecule has 0 saturated carbocycles. The Hall–Kier alpha value is -2.67. The molecule has 6 nitrogen and oxygen atoms in total. The monoisotopic (exact) mass is 343 g/mol. The maximum absolute atomic E-state index is 12.4. The zero-order valence-corrected chi connectivity index (χ0v) is 14.0. The maximum Gasteiger partial charge on any atom is 0.275 e. The Labute approximate surface area is 142 Å². The van der Waals surface area contributed by atoms with E-state index in [1.807, 2.05) is 30.3 Å². The van der Waals surface area contributed by atoms with Gasteiger partial charge in [0.05, 0.1) is 0 Å². The third-order valence-electron chi connectivity index (χ3n) is 3.72. The van der Waals surface area contributed by atoms with Crippen LogP contribution in [0.5, 0.6) is 5.88 Å². The van der Waals surface area contributed by atoms with Gasteiger partial charge in [-0.25, -0.2) is 0 Å². The van der Waals surface area contributed by atoms with E-state index in [9.17, 15) is 14.7 Å². The van der Waals surface area contributed by atoms with Gasteiger partial charge >= 0.3 is 0 Å². The van der Waals surface area contributed by atoms with Gasteiger partial charge in [-0.05, 0) is 25.3 Å². The molecule has 1 aromatic carbocycles. The molecule has 0 unspecified atom stereocenters. The molecule has 2 N–H and O–H groups in total. The van der Waals surface area contributed by atoms with E-state index in [0.29, 0.717) is 17.2 Å². The lowest BCUT2D eigenvalue weighted by Gasteiger charge is -2.07. The number of benzene rings is 1. The molecule has 0 fully saturated rings. The molecular weight excluding hydrogens is 326 g/mol. The normalized spacial score (nSPS) is 10.9. The average Bonchev–Trinajstić information content (AvgIpc) is 2.93. The Morgan fingerprint density at radius 3 is 2.83 bits per heavy atom. The lowest BCUT2D eigenvalue weighted by molar-refractivity contribution is 0.0948. The number of carbonyl (C=O) groups is 1. The number of fused-ring (bicyclic) bond motifs is 1. The summed E-state index contributed by atoms with van der Waals surface area (Å²) in [7, 11) is 0. The van der Waals surface area contributed by atoms with Crippen LogP contribution in [-0.4, -0.2) is 26.9 Å². The van der Waals surface area contributed by atoms with Gasteiger partial charge in [-0.2, -0.15) is 4.98 Å². The number of hydrogen-bond acceptors (Lipinski definition) is 5. The van der Waals surface area contributed by atoms with E-state index in [-0.39, 0.29) is 5.56 Å². The van der Waals surface area contributed by atoms with Crippen LogP contribution in [0, 0.1) is 6.92 Å². The van der Waals surface area contributed by atoms with Gasteiger partial charge in [-0.1, -0.05) is 30.3 Å². The van der Waals surface area contributed by atoms with Gasteiger partial charge in [0.2, 0.25) is 5.88 Å². The van der Waals surface area contributed by atoms with Crippen LogP contribution in [0.25, 0.3) is 4.96 Å². The van der Waals surface area contributed by atoms with Crippen LogP contribution in [0.15, 0.2) is 40.5 Å². The number of rotatable bonds is 5. The van der Waals surface area contributed by atoms with Gasteiger partial charge in [0.15, 0.2) is 10.5 Å². The fraction of sp³-hybridized carbons (Fsp3) is 0.235. The van der Waals surface area contributed by atoms with Gasteiger partial charge in [0.1, 0.15) is 0 Å². The second-order valence-corrected chi connectivity index (χ2v) is 6.29. The van der Waals surface area contributed by atoms with Gasteiger partial charge in [0.25, 0.3) is 11.5 Å². The summed E-state index contributed by atoms with van der Waals surface area (Å²) in [6.07, 6.45) is 1.57. The summed E-state index contributed by atoms with van der Waals surface area (Å²) in [6.45, 7) is 2.17. The predicted molar refractivity (Wildman–Crippen MR) is 92.8 cm³/mol. The second kappa shape index (κ2) is 6.84. The van der Waals surface area contributed by atoms with E-state index in [4.69, 9.17) is 0 Å². The molecule has 0 aliphatic rings. The molecule has 0 radical (unpaired) electrons. The molecule has 124 valence electrons. The Bertz CT molecular complexity index is 931. The molecule has 0 saturated heterocycles. The van der Waals surface area contributed by atoms with Crippen molar-refractivity contribution in [3.63, 3.8) is 0 Å². The Kier molecular flexibility index (Phi) is 4.61. The van der Waals surface area contributed by atoms with Crippen LogP contribution in [0.4, 0.5) is 0 Å². The molecule has 3 aromatic rings. The van der Waals surface area contributed by atoms with Gasteiger partial charge in [-0.3, -0.25) is 14.0 Å². The standard InChI is InChI=1S/C17H17N3O3S/c1-11-10-24-17-19-15(22)13(16(23)20(11)17)14(21)18-9-5-8-12-6-3-2-4-7-12/h2-4,6-7,10,22H,5,8-9H2,1H3,(H,18,21). The number of aryl methyl sites for hydroxylation is 2. The van der Waals surface area contributed by atoms with E-state index in [1.165, 1.54) is 21.3 Å². The first-order valence-corrected chi connectivity index (χ1v) is 8.48. The van der Waals surface area contributed by atoms with Crippen molar-refractivity contribution in [1.29, 1.82) is 0 Å². The maximum atomic E-state index is 12.4. The number of aromatic hydroxyl groups is 1. The molecule has 2 heterocycles. The van der Waals surface area contributed by atoms with Crippen molar-refractivity contribution >= 4 is 22.2 Å². The second-order valence-electron chi connectivity index (χ2n) is 5.46. The summed E-state index contributed by atoms with van der Waals surface area (Å²) >= 11 is 1.24. The lowest BCUT2D eigenvalue weighted by Crippen LogP contribution is -2.32. The average molecular weight is 343 g/mol. The van der Waals surface area contributed by atoms with E-state index < -0.39 is 17.3 Å². The molecule has 1 amide bonds. The third-order valence-corrected chi connectivity index (χ3v) is 4.66. The van der Waals surface area contributed by atoms with Gasteiger partial charge in [-0.15, -0.1) is 11.3 Å². The lowest BCUT2D eigenvalue weighted by atomic mass is 10.1. The molecule has 24 heavy (non-hydrogen) atoms. The fourth-order valence-electron chi connectivity index (χ4n) is 2.50. The minimum Gasteiger partial charge on any atom is -0.492 e. The van der Waals surface area contributed by atoms with Crippen molar-refractivity contribution in [3.8, 4) is 5.88 Å². The highest BCUT2D eigenvalue weighted by Gasteiger charge is 2.20. The largest absolute Gasteiger partial charge is 0.492 e. The zero-order chi connectivity index (χ0) is 17.1. The first-order chi connectivity index (χ1) is 11.6.